The minimum absolute atomic E-state index is 0.0244. The quantitative estimate of drug-likeness (QED) is 0.616. The summed E-state index contributed by atoms with van der Waals surface area (Å²) in [5, 5.41) is 0. The molecule has 0 atom stereocenters. The van der Waals surface area contributed by atoms with Crippen molar-refractivity contribution < 1.29 is 18.0 Å². The molecule has 0 unspecified atom stereocenters. The van der Waals surface area contributed by atoms with Gasteiger partial charge in [0.1, 0.15) is 5.82 Å². The third-order valence-corrected chi connectivity index (χ3v) is 4.99. The topological polar surface area (TPSA) is 36.4 Å². The van der Waals surface area contributed by atoms with Crippen LogP contribution in [-0.4, -0.2) is 42.0 Å². The fourth-order valence-corrected chi connectivity index (χ4v) is 3.23. The van der Waals surface area contributed by atoms with Crippen molar-refractivity contribution in [2.75, 3.05) is 31.1 Å². The van der Waals surface area contributed by atoms with Crippen molar-refractivity contribution in [1.82, 2.24) is 9.88 Å². The summed E-state index contributed by atoms with van der Waals surface area (Å²) in [5.41, 5.74) is -0.113. The number of rotatable bonds is 2. The molecule has 0 N–H and O–H groups in total. The number of hydrogen-bond donors (Lipinski definition) is 0. The Morgan fingerprint density at radius 1 is 1.00 bits per heavy atom. The van der Waals surface area contributed by atoms with Crippen LogP contribution in [0.5, 0.6) is 0 Å². The van der Waals surface area contributed by atoms with Crippen LogP contribution in [0.4, 0.5) is 19.0 Å². The van der Waals surface area contributed by atoms with E-state index >= 15 is 0 Å². The van der Waals surface area contributed by atoms with Gasteiger partial charge in [0.25, 0.3) is 5.91 Å². The SMILES string of the molecule is O=C(c1ccc(I)cc1)N1CCCN(c2ccc(C(F)(F)F)cn2)CC1. The molecule has 0 bridgehead atoms. The fourth-order valence-electron chi connectivity index (χ4n) is 2.87. The molecule has 0 spiro atoms. The van der Waals surface area contributed by atoms with Crippen molar-refractivity contribution in [3.8, 4) is 0 Å². The van der Waals surface area contributed by atoms with Gasteiger partial charge >= 0.3 is 6.18 Å². The molecular weight excluding hydrogens is 458 g/mol. The molecule has 4 nitrogen and oxygen atoms in total. The van der Waals surface area contributed by atoms with Crippen LogP contribution >= 0.6 is 22.6 Å². The second kappa shape index (κ2) is 7.81. The van der Waals surface area contributed by atoms with E-state index in [0.717, 1.165) is 22.3 Å². The van der Waals surface area contributed by atoms with Crippen LogP contribution < -0.4 is 4.90 Å². The molecule has 1 aliphatic heterocycles. The molecule has 1 fully saturated rings. The summed E-state index contributed by atoms with van der Waals surface area (Å²) in [5.74, 6) is 0.477. The first-order chi connectivity index (χ1) is 12.3. The lowest BCUT2D eigenvalue weighted by atomic mass is 10.2. The van der Waals surface area contributed by atoms with E-state index in [9.17, 15) is 18.0 Å². The number of alkyl halides is 3. The maximum absolute atomic E-state index is 12.7. The zero-order valence-electron chi connectivity index (χ0n) is 13.8. The fraction of sp³-hybridized carbons (Fsp3) is 0.333. The Balaban J connectivity index is 1.66. The van der Waals surface area contributed by atoms with E-state index < -0.39 is 11.7 Å². The molecule has 0 radical (unpaired) electrons. The second-order valence-electron chi connectivity index (χ2n) is 6.04. The molecule has 1 aliphatic rings. The van der Waals surface area contributed by atoms with Crippen LogP contribution in [0.2, 0.25) is 0 Å². The molecule has 1 saturated heterocycles. The van der Waals surface area contributed by atoms with Gasteiger partial charge in [-0.05, 0) is 65.4 Å². The third kappa shape index (κ3) is 4.46. The highest BCUT2D eigenvalue weighted by molar-refractivity contribution is 14.1. The van der Waals surface area contributed by atoms with E-state index in [1.165, 1.54) is 6.07 Å². The Hall–Kier alpha value is -1.84. The van der Waals surface area contributed by atoms with Crippen LogP contribution in [0.15, 0.2) is 42.6 Å². The average molecular weight is 475 g/mol. The minimum Gasteiger partial charge on any atom is -0.355 e. The molecule has 0 aliphatic carbocycles. The van der Waals surface area contributed by atoms with Crippen LogP contribution in [0, 0.1) is 3.57 Å². The maximum Gasteiger partial charge on any atom is 0.417 e. The number of benzene rings is 1. The van der Waals surface area contributed by atoms with Crippen molar-refractivity contribution >= 4 is 34.3 Å². The minimum atomic E-state index is -4.39. The van der Waals surface area contributed by atoms with Gasteiger partial charge in [0.15, 0.2) is 0 Å². The van der Waals surface area contributed by atoms with Gasteiger partial charge in [0, 0.05) is 41.5 Å². The molecular formula is C18H17F3IN3O. The summed E-state index contributed by atoms with van der Waals surface area (Å²) in [4.78, 5) is 20.3. The van der Waals surface area contributed by atoms with Gasteiger partial charge < -0.3 is 9.80 Å². The van der Waals surface area contributed by atoms with Gasteiger partial charge in [-0.1, -0.05) is 0 Å². The van der Waals surface area contributed by atoms with E-state index in [4.69, 9.17) is 0 Å². The molecule has 1 amide bonds. The first-order valence-electron chi connectivity index (χ1n) is 8.17. The molecule has 0 saturated carbocycles. The predicted octanol–water partition coefficient (Wildman–Crippen LogP) is 4.06. The highest BCUT2D eigenvalue weighted by atomic mass is 127. The van der Waals surface area contributed by atoms with Gasteiger partial charge in [-0.25, -0.2) is 4.98 Å². The highest BCUT2D eigenvalue weighted by Crippen LogP contribution is 2.29. The number of aromatic nitrogens is 1. The predicted molar refractivity (Wildman–Crippen MR) is 101 cm³/mol. The third-order valence-electron chi connectivity index (χ3n) is 4.27. The van der Waals surface area contributed by atoms with Crippen molar-refractivity contribution in [3.63, 3.8) is 0 Å². The second-order valence-corrected chi connectivity index (χ2v) is 7.29. The van der Waals surface area contributed by atoms with E-state index in [0.29, 0.717) is 37.6 Å². The van der Waals surface area contributed by atoms with E-state index in [-0.39, 0.29) is 5.91 Å². The summed E-state index contributed by atoms with van der Waals surface area (Å²) in [6.45, 7) is 2.30. The number of pyridine rings is 1. The standard InChI is InChI=1S/C18H17F3IN3O/c19-18(20,21)14-4-7-16(23-12-14)24-8-1-9-25(11-10-24)17(26)13-2-5-15(22)6-3-13/h2-7,12H,1,8-11H2. The molecule has 1 aromatic carbocycles. The Kier molecular flexibility index (Phi) is 5.69. The van der Waals surface area contributed by atoms with Crippen molar-refractivity contribution in [1.29, 1.82) is 0 Å². The van der Waals surface area contributed by atoms with Gasteiger partial charge in [0.2, 0.25) is 0 Å². The Morgan fingerprint density at radius 2 is 1.73 bits per heavy atom. The summed E-state index contributed by atoms with van der Waals surface area (Å²) in [6, 6.07) is 9.84. The highest BCUT2D eigenvalue weighted by Gasteiger charge is 2.31. The van der Waals surface area contributed by atoms with Crippen LogP contribution in [0.3, 0.4) is 0 Å². The Morgan fingerprint density at radius 3 is 2.35 bits per heavy atom. The van der Waals surface area contributed by atoms with Crippen molar-refractivity contribution in [2.24, 2.45) is 0 Å². The lowest BCUT2D eigenvalue weighted by molar-refractivity contribution is -0.137. The van der Waals surface area contributed by atoms with Crippen LogP contribution in [0.1, 0.15) is 22.3 Å². The zero-order valence-corrected chi connectivity index (χ0v) is 16.0. The summed E-state index contributed by atoms with van der Waals surface area (Å²) in [7, 11) is 0. The van der Waals surface area contributed by atoms with E-state index in [1.54, 1.807) is 4.90 Å². The largest absolute Gasteiger partial charge is 0.417 e. The molecule has 138 valence electrons. The lowest BCUT2D eigenvalue weighted by Gasteiger charge is -2.23. The van der Waals surface area contributed by atoms with E-state index in [1.807, 2.05) is 29.2 Å². The number of carbonyl (C=O) groups is 1. The normalized spacial score (nSPS) is 15.7. The molecule has 8 heteroatoms. The average Bonchev–Trinajstić information content (AvgIpc) is 2.87. The maximum atomic E-state index is 12.7. The first-order valence-corrected chi connectivity index (χ1v) is 9.25. The Labute approximate surface area is 163 Å². The zero-order chi connectivity index (χ0) is 18.7. The number of nitrogens with zero attached hydrogens (tertiary/aromatic N) is 3. The molecule has 2 heterocycles. The summed E-state index contributed by atoms with van der Waals surface area (Å²) in [6.07, 6.45) is -2.80. The van der Waals surface area contributed by atoms with Gasteiger partial charge in [-0.2, -0.15) is 13.2 Å². The van der Waals surface area contributed by atoms with Gasteiger partial charge in [0.05, 0.1) is 5.56 Å². The molecule has 2 aromatic rings. The summed E-state index contributed by atoms with van der Waals surface area (Å²) >= 11 is 2.19. The number of halogens is 4. The first kappa shape index (κ1) is 18.9. The number of amides is 1. The van der Waals surface area contributed by atoms with Crippen LogP contribution in [0.25, 0.3) is 0 Å². The number of anilines is 1. The smallest absolute Gasteiger partial charge is 0.355 e. The van der Waals surface area contributed by atoms with Crippen molar-refractivity contribution in [3.05, 3.63) is 57.3 Å². The molecule has 1 aromatic heterocycles. The van der Waals surface area contributed by atoms with Gasteiger partial charge in [-0.3, -0.25) is 4.79 Å². The number of hydrogen-bond acceptors (Lipinski definition) is 3. The molecule has 3 rings (SSSR count). The summed E-state index contributed by atoms with van der Waals surface area (Å²) < 4.78 is 39.0. The van der Waals surface area contributed by atoms with Gasteiger partial charge in [-0.15, -0.1) is 0 Å². The number of carbonyl (C=O) groups excluding carboxylic acids is 1. The van der Waals surface area contributed by atoms with E-state index in [2.05, 4.69) is 27.6 Å². The molecule has 26 heavy (non-hydrogen) atoms. The van der Waals surface area contributed by atoms with Crippen molar-refractivity contribution in [2.45, 2.75) is 12.6 Å². The Bertz CT molecular complexity index is 763. The monoisotopic (exact) mass is 475 g/mol. The lowest BCUT2D eigenvalue weighted by Crippen LogP contribution is -2.35. The van der Waals surface area contributed by atoms with Crippen LogP contribution in [-0.2, 0) is 6.18 Å².